The van der Waals surface area contributed by atoms with Crippen LogP contribution in [0.5, 0.6) is 0 Å². The van der Waals surface area contributed by atoms with E-state index in [9.17, 15) is 0 Å². The molecule has 1 rings (SSSR count). The number of hydrazine groups is 1. The third-order valence-electron chi connectivity index (χ3n) is 1.19. The van der Waals surface area contributed by atoms with Crippen molar-refractivity contribution in [2.45, 2.75) is 0 Å². The van der Waals surface area contributed by atoms with Crippen molar-refractivity contribution in [3.63, 3.8) is 0 Å². The molecule has 0 aromatic heterocycles. The number of nitrogen functional groups attached to an aromatic ring is 2. The van der Waals surface area contributed by atoms with Gasteiger partial charge in [0.05, 0.1) is 11.4 Å². The van der Waals surface area contributed by atoms with Gasteiger partial charge in [-0.15, -0.1) is 0 Å². The van der Waals surface area contributed by atoms with Gasteiger partial charge in [0.1, 0.15) is 0 Å². The summed E-state index contributed by atoms with van der Waals surface area (Å²) in [4.78, 5) is 0. The summed E-state index contributed by atoms with van der Waals surface area (Å²) in [5.74, 6) is 5.19. The Morgan fingerprint density at radius 3 is 2.50 bits per heavy atom. The lowest BCUT2D eigenvalue weighted by molar-refractivity contribution is 1.34. The van der Waals surface area contributed by atoms with E-state index in [0.717, 1.165) is 10.2 Å². The zero-order chi connectivity index (χ0) is 7.56. The molecular weight excluding hydrogens is 194 g/mol. The fourth-order valence-corrected chi connectivity index (χ4v) is 1.19. The van der Waals surface area contributed by atoms with Crippen LogP contribution in [0.1, 0.15) is 0 Å². The number of benzene rings is 1. The Kier molecular flexibility index (Phi) is 2.13. The van der Waals surface area contributed by atoms with Crippen molar-refractivity contribution in [2.24, 2.45) is 5.84 Å². The number of para-hydroxylation sites is 1. The molecule has 0 heterocycles. The van der Waals surface area contributed by atoms with Gasteiger partial charge in [0.15, 0.2) is 0 Å². The van der Waals surface area contributed by atoms with E-state index in [1.54, 1.807) is 6.07 Å². The molecular formula is C6H8BrN3. The number of nitrogens with two attached hydrogens (primary N) is 2. The Balaban J connectivity index is 3.17. The van der Waals surface area contributed by atoms with Gasteiger partial charge in [-0.25, -0.2) is 0 Å². The minimum Gasteiger partial charge on any atom is -0.397 e. The van der Waals surface area contributed by atoms with Crippen LogP contribution in [0.3, 0.4) is 0 Å². The lowest BCUT2D eigenvalue weighted by atomic mass is 10.3. The van der Waals surface area contributed by atoms with Crippen molar-refractivity contribution in [3.05, 3.63) is 22.7 Å². The normalized spacial score (nSPS) is 9.40. The van der Waals surface area contributed by atoms with E-state index in [2.05, 4.69) is 21.4 Å². The van der Waals surface area contributed by atoms with Crippen molar-refractivity contribution in [1.29, 1.82) is 0 Å². The second-order valence-corrected chi connectivity index (χ2v) is 2.70. The van der Waals surface area contributed by atoms with Crippen LogP contribution < -0.4 is 17.0 Å². The second kappa shape index (κ2) is 2.90. The van der Waals surface area contributed by atoms with Crippen LogP contribution in [-0.4, -0.2) is 0 Å². The van der Waals surface area contributed by atoms with Gasteiger partial charge >= 0.3 is 0 Å². The Morgan fingerprint density at radius 1 is 1.40 bits per heavy atom. The molecule has 0 saturated carbocycles. The third kappa shape index (κ3) is 1.22. The average Bonchev–Trinajstić information content (AvgIpc) is 1.88. The zero-order valence-electron chi connectivity index (χ0n) is 5.26. The molecule has 0 aliphatic rings. The predicted molar refractivity (Wildman–Crippen MR) is 46.4 cm³/mol. The Labute approximate surface area is 67.5 Å². The summed E-state index contributed by atoms with van der Waals surface area (Å²) in [6.07, 6.45) is 0. The highest BCUT2D eigenvalue weighted by Gasteiger charge is 1.99. The van der Waals surface area contributed by atoms with Gasteiger partial charge in [0.2, 0.25) is 0 Å². The van der Waals surface area contributed by atoms with Gasteiger partial charge < -0.3 is 11.2 Å². The highest BCUT2D eigenvalue weighted by atomic mass is 79.9. The summed E-state index contributed by atoms with van der Waals surface area (Å²) in [5, 5.41) is 0. The third-order valence-corrected chi connectivity index (χ3v) is 1.85. The second-order valence-electron chi connectivity index (χ2n) is 1.85. The number of rotatable bonds is 1. The maximum Gasteiger partial charge on any atom is 0.0860 e. The summed E-state index contributed by atoms with van der Waals surface area (Å²) in [5.41, 5.74) is 9.41. The van der Waals surface area contributed by atoms with Crippen LogP contribution in [-0.2, 0) is 0 Å². The molecule has 0 atom stereocenters. The van der Waals surface area contributed by atoms with Crippen molar-refractivity contribution in [3.8, 4) is 0 Å². The first-order chi connectivity index (χ1) is 4.75. The molecule has 4 heteroatoms. The van der Waals surface area contributed by atoms with Crippen molar-refractivity contribution in [1.82, 2.24) is 0 Å². The quantitative estimate of drug-likeness (QED) is 0.365. The molecule has 0 unspecified atom stereocenters. The van der Waals surface area contributed by atoms with Crippen LogP contribution in [0.4, 0.5) is 11.4 Å². The Hall–Kier alpha value is -0.740. The summed E-state index contributed by atoms with van der Waals surface area (Å²) < 4.78 is 0.870. The first kappa shape index (κ1) is 7.37. The van der Waals surface area contributed by atoms with E-state index in [0.29, 0.717) is 5.69 Å². The standard InChI is InChI=1S/C6H8BrN3/c7-4-2-1-3-5(8)6(4)10-9/h1-3,10H,8-9H2. The largest absolute Gasteiger partial charge is 0.397 e. The van der Waals surface area contributed by atoms with E-state index in [4.69, 9.17) is 11.6 Å². The van der Waals surface area contributed by atoms with E-state index >= 15 is 0 Å². The SMILES string of the molecule is NNc1c(N)cccc1Br. The average molecular weight is 202 g/mol. The fourth-order valence-electron chi connectivity index (χ4n) is 0.693. The Bertz CT molecular complexity index is 216. The molecule has 0 saturated heterocycles. The Morgan fingerprint density at radius 2 is 2.10 bits per heavy atom. The van der Waals surface area contributed by atoms with Crippen LogP contribution in [0.25, 0.3) is 0 Å². The summed E-state index contributed by atoms with van der Waals surface area (Å²) in [6, 6.07) is 5.49. The zero-order valence-corrected chi connectivity index (χ0v) is 6.85. The fraction of sp³-hybridized carbons (Fsp3) is 0. The van der Waals surface area contributed by atoms with Gasteiger partial charge in [-0.2, -0.15) is 0 Å². The topological polar surface area (TPSA) is 64.1 Å². The molecule has 10 heavy (non-hydrogen) atoms. The van der Waals surface area contributed by atoms with Crippen LogP contribution >= 0.6 is 15.9 Å². The van der Waals surface area contributed by atoms with E-state index in [-0.39, 0.29) is 0 Å². The molecule has 1 aromatic rings. The number of anilines is 2. The van der Waals surface area contributed by atoms with Gasteiger partial charge in [-0.1, -0.05) is 6.07 Å². The van der Waals surface area contributed by atoms with Gasteiger partial charge in [-0.3, -0.25) is 5.84 Å². The highest BCUT2D eigenvalue weighted by molar-refractivity contribution is 9.10. The molecule has 0 aliphatic heterocycles. The lowest BCUT2D eigenvalue weighted by Gasteiger charge is -2.05. The molecule has 0 fully saturated rings. The summed E-state index contributed by atoms with van der Waals surface area (Å²) in [7, 11) is 0. The summed E-state index contributed by atoms with van der Waals surface area (Å²) in [6.45, 7) is 0. The van der Waals surface area contributed by atoms with Crippen LogP contribution in [0.2, 0.25) is 0 Å². The number of nitrogens with one attached hydrogen (secondary N) is 1. The van der Waals surface area contributed by atoms with Crippen LogP contribution in [0.15, 0.2) is 22.7 Å². The molecule has 0 radical (unpaired) electrons. The summed E-state index contributed by atoms with van der Waals surface area (Å²) >= 11 is 3.28. The lowest BCUT2D eigenvalue weighted by Crippen LogP contribution is -2.09. The number of hydrogen-bond acceptors (Lipinski definition) is 3. The monoisotopic (exact) mass is 201 g/mol. The van der Waals surface area contributed by atoms with Crippen molar-refractivity contribution in [2.75, 3.05) is 11.2 Å². The number of halogens is 1. The first-order valence-corrected chi connectivity index (χ1v) is 3.55. The van der Waals surface area contributed by atoms with E-state index < -0.39 is 0 Å². The predicted octanol–water partition coefficient (Wildman–Crippen LogP) is 1.32. The molecule has 0 aliphatic carbocycles. The number of hydrogen-bond donors (Lipinski definition) is 3. The highest BCUT2D eigenvalue weighted by Crippen LogP contribution is 2.26. The van der Waals surface area contributed by atoms with Crippen LogP contribution in [0, 0.1) is 0 Å². The molecule has 1 aromatic carbocycles. The van der Waals surface area contributed by atoms with Crippen molar-refractivity contribution < 1.29 is 0 Å². The molecule has 5 N–H and O–H groups in total. The molecule has 0 spiro atoms. The van der Waals surface area contributed by atoms with E-state index in [1.165, 1.54) is 0 Å². The molecule has 54 valence electrons. The van der Waals surface area contributed by atoms with Gasteiger partial charge in [0.25, 0.3) is 0 Å². The first-order valence-electron chi connectivity index (χ1n) is 2.76. The minimum atomic E-state index is 0.636. The molecule has 0 amide bonds. The van der Waals surface area contributed by atoms with E-state index in [1.807, 2.05) is 12.1 Å². The van der Waals surface area contributed by atoms with Gasteiger partial charge in [-0.05, 0) is 28.1 Å². The minimum absolute atomic E-state index is 0.636. The van der Waals surface area contributed by atoms with Crippen molar-refractivity contribution >= 4 is 27.3 Å². The van der Waals surface area contributed by atoms with Gasteiger partial charge in [0, 0.05) is 4.47 Å². The molecule has 0 bridgehead atoms. The maximum atomic E-state index is 5.56. The smallest absolute Gasteiger partial charge is 0.0860 e. The maximum absolute atomic E-state index is 5.56. The molecule has 3 nitrogen and oxygen atoms in total.